The topological polar surface area (TPSA) is 38.8 Å². The Morgan fingerprint density at radius 1 is 1.19 bits per heavy atom. The van der Waals surface area contributed by atoms with Crippen LogP contribution in [0.25, 0.3) is 6.08 Å². The van der Waals surface area contributed by atoms with Crippen LogP contribution in [-0.4, -0.2) is 31.6 Å². The summed E-state index contributed by atoms with van der Waals surface area (Å²) < 4.78 is 48.4. The van der Waals surface area contributed by atoms with Crippen LogP contribution in [0.3, 0.4) is 0 Å². The summed E-state index contributed by atoms with van der Waals surface area (Å²) in [6, 6.07) is 10.7. The van der Waals surface area contributed by atoms with Crippen LogP contribution >= 0.6 is 0 Å². The first kappa shape index (κ1) is 19.4. The van der Waals surface area contributed by atoms with E-state index in [9.17, 15) is 18.0 Å². The van der Waals surface area contributed by atoms with E-state index in [1.165, 1.54) is 49.4 Å². The van der Waals surface area contributed by atoms with Gasteiger partial charge in [-0.1, -0.05) is 30.3 Å². The van der Waals surface area contributed by atoms with Gasteiger partial charge in [0.25, 0.3) is 0 Å². The van der Waals surface area contributed by atoms with Gasteiger partial charge in [0, 0.05) is 30.8 Å². The Morgan fingerprint density at radius 2 is 1.92 bits per heavy atom. The lowest BCUT2D eigenvalue weighted by molar-refractivity contribution is -0.125. The molecule has 0 N–H and O–H groups in total. The summed E-state index contributed by atoms with van der Waals surface area (Å²) >= 11 is 0. The number of carbonyl (C=O) groups is 1. The molecule has 7 heteroatoms. The molecule has 0 radical (unpaired) electrons. The minimum atomic E-state index is -3.03. The van der Waals surface area contributed by atoms with Gasteiger partial charge >= 0.3 is 6.61 Å². The number of carbonyl (C=O) groups excluding carboxylic acids is 1. The summed E-state index contributed by atoms with van der Waals surface area (Å²) in [5.41, 5.74) is 0.636. The van der Waals surface area contributed by atoms with E-state index in [0.29, 0.717) is 5.56 Å². The number of para-hydroxylation sites is 1. The van der Waals surface area contributed by atoms with E-state index in [2.05, 4.69) is 4.74 Å². The van der Waals surface area contributed by atoms with Crippen LogP contribution in [0.5, 0.6) is 11.5 Å². The van der Waals surface area contributed by atoms with Crippen molar-refractivity contribution in [2.45, 2.75) is 13.2 Å². The number of amides is 1. The monoisotopic (exact) mass is 365 g/mol. The maximum atomic E-state index is 13.7. The van der Waals surface area contributed by atoms with Crippen LogP contribution in [0.1, 0.15) is 11.1 Å². The molecule has 2 aromatic rings. The van der Waals surface area contributed by atoms with Gasteiger partial charge in [-0.2, -0.15) is 8.78 Å². The summed E-state index contributed by atoms with van der Waals surface area (Å²) in [5, 5.41) is 0. The summed E-state index contributed by atoms with van der Waals surface area (Å²) in [5.74, 6) is -0.860. The molecule has 0 heterocycles. The lowest BCUT2D eigenvalue weighted by Crippen LogP contribution is -2.24. The molecule has 1 amide bonds. The van der Waals surface area contributed by atoms with Crippen molar-refractivity contribution in [1.29, 1.82) is 0 Å². The Hall–Kier alpha value is -2.96. The maximum absolute atomic E-state index is 13.7. The number of benzene rings is 2. The number of halogens is 3. The number of likely N-dealkylation sites (N-methyl/N-ethyl adjacent to an activating group) is 1. The zero-order valence-electron chi connectivity index (χ0n) is 14.3. The van der Waals surface area contributed by atoms with Gasteiger partial charge in [-0.15, -0.1) is 0 Å². The van der Waals surface area contributed by atoms with E-state index in [-0.39, 0.29) is 23.6 Å². The van der Waals surface area contributed by atoms with Gasteiger partial charge in [-0.25, -0.2) is 4.39 Å². The molecule has 0 saturated heterocycles. The third-order valence-electron chi connectivity index (χ3n) is 3.58. The molecule has 0 spiro atoms. The summed E-state index contributed by atoms with van der Waals surface area (Å²) in [7, 11) is 2.84. The summed E-state index contributed by atoms with van der Waals surface area (Å²) in [4.78, 5) is 13.5. The van der Waals surface area contributed by atoms with Gasteiger partial charge in [0.15, 0.2) is 11.5 Å². The number of hydrogen-bond donors (Lipinski definition) is 0. The lowest BCUT2D eigenvalue weighted by Gasteiger charge is -2.16. The molecule has 0 aromatic heterocycles. The zero-order chi connectivity index (χ0) is 19.1. The van der Waals surface area contributed by atoms with Crippen LogP contribution in [-0.2, 0) is 11.3 Å². The smallest absolute Gasteiger partial charge is 0.387 e. The second kappa shape index (κ2) is 8.94. The van der Waals surface area contributed by atoms with Gasteiger partial charge in [0.05, 0.1) is 7.11 Å². The average molecular weight is 365 g/mol. The predicted molar refractivity (Wildman–Crippen MR) is 91.5 cm³/mol. The van der Waals surface area contributed by atoms with Crippen molar-refractivity contribution in [2.75, 3.05) is 14.2 Å². The van der Waals surface area contributed by atoms with Crippen molar-refractivity contribution in [2.24, 2.45) is 0 Å². The van der Waals surface area contributed by atoms with Crippen molar-refractivity contribution in [3.63, 3.8) is 0 Å². The highest BCUT2D eigenvalue weighted by Gasteiger charge is 2.14. The molecule has 0 atom stereocenters. The Balaban J connectivity index is 2.15. The molecule has 0 aliphatic heterocycles. The molecule has 2 aromatic carbocycles. The minimum Gasteiger partial charge on any atom is -0.493 e. The lowest BCUT2D eigenvalue weighted by atomic mass is 10.1. The molecule has 0 aliphatic carbocycles. The first-order valence-corrected chi connectivity index (χ1v) is 7.70. The number of hydrogen-bond acceptors (Lipinski definition) is 3. The van der Waals surface area contributed by atoms with Gasteiger partial charge in [0.2, 0.25) is 5.91 Å². The number of nitrogens with zero attached hydrogens (tertiary/aromatic N) is 1. The first-order chi connectivity index (χ1) is 12.4. The minimum absolute atomic E-state index is 0.0777. The fraction of sp³-hybridized carbons (Fsp3) is 0.211. The Morgan fingerprint density at radius 3 is 2.58 bits per heavy atom. The van der Waals surface area contributed by atoms with Crippen LogP contribution in [0.4, 0.5) is 13.2 Å². The highest BCUT2D eigenvalue weighted by Crippen LogP contribution is 2.33. The number of alkyl halides is 2. The van der Waals surface area contributed by atoms with E-state index in [1.54, 1.807) is 24.3 Å². The molecule has 0 fully saturated rings. The second-order valence-corrected chi connectivity index (χ2v) is 5.38. The van der Waals surface area contributed by atoms with E-state index < -0.39 is 18.3 Å². The van der Waals surface area contributed by atoms with Gasteiger partial charge in [-0.05, 0) is 18.2 Å². The molecule has 26 heavy (non-hydrogen) atoms. The standard InChI is InChI=1S/C19H18F3NO3/c1-23(12-14-6-3-4-8-15(14)20)17(24)11-10-13-7-5-9-16(25-2)18(13)26-19(21)22/h3-11,19H,12H2,1-2H3/b11-10+. The SMILES string of the molecule is COc1cccc(/C=C/C(=O)N(C)Cc2ccccc2F)c1OC(F)F. The molecular formula is C19H18F3NO3. The first-order valence-electron chi connectivity index (χ1n) is 7.70. The number of ether oxygens (including phenoxy) is 2. The summed E-state index contributed by atoms with van der Waals surface area (Å²) in [6.45, 7) is -2.95. The zero-order valence-corrected chi connectivity index (χ0v) is 14.3. The van der Waals surface area contributed by atoms with Crippen molar-refractivity contribution in [1.82, 2.24) is 4.90 Å². The van der Waals surface area contributed by atoms with Crippen molar-refractivity contribution < 1.29 is 27.4 Å². The fourth-order valence-electron chi connectivity index (χ4n) is 2.29. The summed E-state index contributed by atoms with van der Waals surface area (Å²) in [6.07, 6.45) is 2.55. The third-order valence-corrected chi connectivity index (χ3v) is 3.58. The van der Waals surface area contributed by atoms with E-state index >= 15 is 0 Å². The van der Waals surface area contributed by atoms with Gasteiger partial charge < -0.3 is 14.4 Å². The van der Waals surface area contributed by atoms with Crippen LogP contribution in [0.2, 0.25) is 0 Å². The molecule has 0 bridgehead atoms. The fourth-order valence-corrected chi connectivity index (χ4v) is 2.29. The molecule has 2 rings (SSSR count). The van der Waals surface area contributed by atoms with Crippen molar-refractivity contribution in [3.8, 4) is 11.5 Å². The Labute approximate surface area is 149 Å². The van der Waals surface area contributed by atoms with Crippen molar-refractivity contribution in [3.05, 3.63) is 65.5 Å². The normalized spacial score (nSPS) is 11.0. The predicted octanol–water partition coefficient (Wildman–Crippen LogP) is 4.11. The number of rotatable bonds is 7. The molecule has 0 unspecified atom stereocenters. The maximum Gasteiger partial charge on any atom is 0.387 e. The third kappa shape index (κ3) is 5.02. The van der Waals surface area contributed by atoms with Crippen molar-refractivity contribution >= 4 is 12.0 Å². The molecule has 0 aliphatic rings. The highest BCUT2D eigenvalue weighted by atomic mass is 19.3. The van der Waals surface area contributed by atoms with E-state index in [0.717, 1.165) is 0 Å². The number of methoxy groups -OCH3 is 1. The average Bonchev–Trinajstić information content (AvgIpc) is 2.61. The van der Waals surface area contributed by atoms with Crippen LogP contribution in [0, 0.1) is 5.82 Å². The van der Waals surface area contributed by atoms with E-state index in [4.69, 9.17) is 4.74 Å². The Bertz CT molecular complexity index is 793. The molecular weight excluding hydrogens is 347 g/mol. The second-order valence-electron chi connectivity index (χ2n) is 5.38. The molecule has 0 saturated carbocycles. The largest absolute Gasteiger partial charge is 0.493 e. The van der Waals surface area contributed by atoms with Crippen LogP contribution in [0.15, 0.2) is 48.5 Å². The Kier molecular flexibility index (Phi) is 6.66. The van der Waals surface area contributed by atoms with Gasteiger partial charge in [-0.3, -0.25) is 4.79 Å². The molecule has 138 valence electrons. The quantitative estimate of drug-likeness (QED) is 0.693. The van der Waals surface area contributed by atoms with Crippen LogP contribution < -0.4 is 9.47 Å². The molecule has 4 nitrogen and oxygen atoms in total. The van der Waals surface area contributed by atoms with Gasteiger partial charge in [0.1, 0.15) is 5.82 Å². The highest BCUT2D eigenvalue weighted by molar-refractivity contribution is 5.92. The van der Waals surface area contributed by atoms with E-state index in [1.807, 2.05) is 0 Å².